The number of hydrogen-bond donors (Lipinski definition) is 1. The first-order valence-electron chi connectivity index (χ1n) is 7.36. The van der Waals surface area contributed by atoms with Crippen LogP contribution in [0.3, 0.4) is 0 Å². The van der Waals surface area contributed by atoms with Crippen LogP contribution in [0.1, 0.15) is 39.5 Å². The van der Waals surface area contributed by atoms with Gasteiger partial charge in [-0.1, -0.05) is 6.92 Å². The zero-order valence-corrected chi connectivity index (χ0v) is 11.5. The van der Waals surface area contributed by atoms with Gasteiger partial charge in [-0.2, -0.15) is 0 Å². The highest BCUT2D eigenvalue weighted by molar-refractivity contribution is 4.82. The lowest BCUT2D eigenvalue weighted by Crippen LogP contribution is -2.46. The van der Waals surface area contributed by atoms with Crippen molar-refractivity contribution >= 4 is 0 Å². The van der Waals surface area contributed by atoms with E-state index in [9.17, 15) is 0 Å². The second-order valence-corrected chi connectivity index (χ2v) is 5.65. The van der Waals surface area contributed by atoms with Crippen LogP contribution in [0.2, 0.25) is 0 Å². The molecule has 0 amide bonds. The number of hydrogen-bond acceptors (Lipinski definition) is 3. The van der Waals surface area contributed by atoms with Gasteiger partial charge < -0.3 is 15.0 Å². The molecule has 17 heavy (non-hydrogen) atoms. The van der Waals surface area contributed by atoms with Crippen LogP contribution in [-0.2, 0) is 4.74 Å². The molecule has 0 aromatic rings. The molecule has 2 saturated heterocycles. The summed E-state index contributed by atoms with van der Waals surface area (Å²) in [5, 5.41) is 3.48. The van der Waals surface area contributed by atoms with Crippen molar-refractivity contribution in [3.05, 3.63) is 0 Å². The molecule has 0 saturated carbocycles. The van der Waals surface area contributed by atoms with Crippen LogP contribution in [-0.4, -0.2) is 49.8 Å². The standard InChI is InChI=1S/C14H28N2O/c1-3-15-11-13-4-7-16(8-5-13)14-6-9-17-12(2)10-14/h12-15H,3-11H2,1-2H3. The summed E-state index contributed by atoms with van der Waals surface area (Å²) in [5.74, 6) is 0.906. The lowest BCUT2D eigenvalue weighted by atomic mass is 9.93. The molecule has 0 spiro atoms. The molecule has 100 valence electrons. The Balaban J connectivity index is 1.71. The Kier molecular flexibility index (Phi) is 5.26. The van der Waals surface area contributed by atoms with Gasteiger partial charge in [-0.25, -0.2) is 0 Å². The summed E-state index contributed by atoms with van der Waals surface area (Å²) < 4.78 is 5.64. The van der Waals surface area contributed by atoms with Gasteiger partial charge in [0.2, 0.25) is 0 Å². The molecule has 0 aliphatic carbocycles. The van der Waals surface area contributed by atoms with Crippen molar-refractivity contribution in [2.45, 2.75) is 51.7 Å². The van der Waals surface area contributed by atoms with Crippen molar-refractivity contribution in [1.29, 1.82) is 0 Å². The molecular weight excluding hydrogens is 212 g/mol. The number of nitrogens with zero attached hydrogens (tertiary/aromatic N) is 1. The number of piperidine rings is 1. The molecular formula is C14H28N2O. The van der Waals surface area contributed by atoms with E-state index in [0.717, 1.165) is 25.1 Å². The largest absolute Gasteiger partial charge is 0.378 e. The fourth-order valence-electron chi connectivity index (χ4n) is 3.18. The van der Waals surface area contributed by atoms with E-state index >= 15 is 0 Å². The minimum absolute atomic E-state index is 0.466. The normalized spacial score (nSPS) is 32.8. The van der Waals surface area contributed by atoms with Gasteiger partial charge in [0.05, 0.1) is 6.10 Å². The molecule has 0 bridgehead atoms. The van der Waals surface area contributed by atoms with E-state index in [1.807, 2.05) is 0 Å². The Morgan fingerprint density at radius 3 is 2.65 bits per heavy atom. The third-order valence-corrected chi connectivity index (χ3v) is 4.31. The first-order chi connectivity index (χ1) is 8.29. The number of nitrogens with one attached hydrogen (secondary N) is 1. The maximum Gasteiger partial charge on any atom is 0.0561 e. The Labute approximate surface area is 106 Å². The summed E-state index contributed by atoms with van der Waals surface area (Å²) in [7, 11) is 0. The second-order valence-electron chi connectivity index (χ2n) is 5.65. The van der Waals surface area contributed by atoms with E-state index in [4.69, 9.17) is 4.74 Å². The molecule has 0 aromatic carbocycles. The Hall–Kier alpha value is -0.120. The molecule has 0 radical (unpaired) electrons. The van der Waals surface area contributed by atoms with Crippen molar-refractivity contribution in [3.8, 4) is 0 Å². The molecule has 2 unspecified atom stereocenters. The van der Waals surface area contributed by atoms with Gasteiger partial charge in [-0.05, 0) is 64.7 Å². The van der Waals surface area contributed by atoms with Crippen LogP contribution in [0.25, 0.3) is 0 Å². The summed E-state index contributed by atoms with van der Waals surface area (Å²) in [4.78, 5) is 2.71. The number of ether oxygens (including phenoxy) is 1. The molecule has 2 rings (SSSR count). The van der Waals surface area contributed by atoms with Crippen LogP contribution < -0.4 is 5.32 Å². The van der Waals surface area contributed by atoms with Crippen LogP contribution in [0, 0.1) is 5.92 Å². The van der Waals surface area contributed by atoms with Crippen molar-refractivity contribution in [2.24, 2.45) is 5.92 Å². The zero-order chi connectivity index (χ0) is 12.1. The SMILES string of the molecule is CCNCC1CCN(C2CCOC(C)C2)CC1. The van der Waals surface area contributed by atoms with Crippen molar-refractivity contribution in [1.82, 2.24) is 10.2 Å². The van der Waals surface area contributed by atoms with Crippen LogP contribution in [0.4, 0.5) is 0 Å². The lowest BCUT2D eigenvalue weighted by Gasteiger charge is -2.40. The van der Waals surface area contributed by atoms with E-state index < -0.39 is 0 Å². The first-order valence-corrected chi connectivity index (χ1v) is 7.36. The van der Waals surface area contributed by atoms with Gasteiger partial charge in [0.25, 0.3) is 0 Å². The maximum atomic E-state index is 5.64. The van der Waals surface area contributed by atoms with E-state index in [1.165, 1.54) is 45.3 Å². The van der Waals surface area contributed by atoms with Gasteiger partial charge in [0.1, 0.15) is 0 Å². The molecule has 2 aliphatic heterocycles. The average molecular weight is 240 g/mol. The summed E-state index contributed by atoms with van der Waals surface area (Å²) in [6, 6.07) is 0.791. The fraction of sp³-hybridized carbons (Fsp3) is 1.00. The quantitative estimate of drug-likeness (QED) is 0.812. The van der Waals surface area contributed by atoms with Crippen molar-refractivity contribution in [2.75, 3.05) is 32.8 Å². The maximum absolute atomic E-state index is 5.64. The molecule has 2 fully saturated rings. The van der Waals surface area contributed by atoms with Crippen LogP contribution in [0.15, 0.2) is 0 Å². The zero-order valence-electron chi connectivity index (χ0n) is 11.5. The van der Waals surface area contributed by atoms with E-state index in [-0.39, 0.29) is 0 Å². The summed E-state index contributed by atoms with van der Waals surface area (Å²) in [5.41, 5.74) is 0. The Morgan fingerprint density at radius 2 is 2.00 bits per heavy atom. The second kappa shape index (κ2) is 6.72. The molecule has 2 heterocycles. The van der Waals surface area contributed by atoms with Crippen molar-refractivity contribution < 1.29 is 4.74 Å². The highest BCUT2D eigenvalue weighted by Crippen LogP contribution is 2.24. The van der Waals surface area contributed by atoms with Crippen LogP contribution in [0.5, 0.6) is 0 Å². The molecule has 3 heteroatoms. The monoisotopic (exact) mass is 240 g/mol. The van der Waals surface area contributed by atoms with Gasteiger partial charge in [-0.3, -0.25) is 0 Å². The van der Waals surface area contributed by atoms with Crippen LogP contribution >= 0.6 is 0 Å². The summed E-state index contributed by atoms with van der Waals surface area (Å²) >= 11 is 0. The average Bonchev–Trinajstić information content (AvgIpc) is 2.37. The molecule has 1 N–H and O–H groups in total. The van der Waals surface area contributed by atoms with Gasteiger partial charge in [0.15, 0.2) is 0 Å². The lowest BCUT2D eigenvalue weighted by molar-refractivity contribution is -0.0245. The van der Waals surface area contributed by atoms with Gasteiger partial charge in [-0.15, -0.1) is 0 Å². The molecule has 2 atom stereocenters. The Morgan fingerprint density at radius 1 is 1.24 bits per heavy atom. The molecule has 2 aliphatic rings. The first kappa shape index (κ1) is 13.3. The molecule has 3 nitrogen and oxygen atoms in total. The number of likely N-dealkylation sites (tertiary alicyclic amines) is 1. The van der Waals surface area contributed by atoms with Gasteiger partial charge >= 0.3 is 0 Å². The third-order valence-electron chi connectivity index (χ3n) is 4.31. The van der Waals surface area contributed by atoms with E-state index in [1.54, 1.807) is 0 Å². The number of rotatable bonds is 4. The highest BCUT2D eigenvalue weighted by Gasteiger charge is 2.28. The highest BCUT2D eigenvalue weighted by atomic mass is 16.5. The smallest absolute Gasteiger partial charge is 0.0561 e. The fourth-order valence-corrected chi connectivity index (χ4v) is 3.18. The minimum Gasteiger partial charge on any atom is -0.378 e. The van der Waals surface area contributed by atoms with E-state index in [2.05, 4.69) is 24.1 Å². The summed E-state index contributed by atoms with van der Waals surface area (Å²) in [6.07, 6.45) is 5.69. The van der Waals surface area contributed by atoms with Crippen molar-refractivity contribution in [3.63, 3.8) is 0 Å². The Bertz CT molecular complexity index is 214. The van der Waals surface area contributed by atoms with E-state index in [0.29, 0.717) is 6.10 Å². The topological polar surface area (TPSA) is 24.5 Å². The summed E-state index contributed by atoms with van der Waals surface area (Å²) in [6.45, 7) is 10.3. The minimum atomic E-state index is 0.466. The predicted octanol–water partition coefficient (Wildman–Crippen LogP) is 1.88. The molecule has 0 aromatic heterocycles. The van der Waals surface area contributed by atoms with Gasteiger partial charge in [0, 0.05) is 12.6 Å². The predicted molar refractivity (Wildman–Crippen MR) is 71.3 cm³/mol. The third kappa shape index (κ3) is 3.94.